The van der Waals surface area contributed by atoms with Crippen LogP contribution in [0.4, 0.5) is 4.79 Å². The number of nitrogens with two attached hydrogens (primary N) is 1. The van der Waals surface area contributed by atoms with Crippen molar-refractivity contribution < 1.29 is 19.1 Å². The molecule has 0 aromatic rings. The Balaban J connectivity index is 0.000000240. The summed E-state index contributed by atoms with van der Waals surface area (Å²) < 4.78 is 9.89. The molecule has 0 saturated carbocycles. The monoisotopic (exact) mass is 300 g/mol. The molecule has 0 aromatic carbocycles. The molecule has 122 valence electrons. The topological polar surface area (TPSA) is 81.9 Å². The molecule has 6 nitrogen and oxygen atoms in total. The van der Waals surface area contributed by atoms with Crippen LogP contribution >= 0.6 is 0 Å². The zero-order valence-corrected chi connectivity index (χ0v) is 13.4. The first-order chi connectivity index (χ1) is 9.78. The normalized spacial score (nSPS) is 21.4. The van der Waals surface area contributed by atoms with Crippen LogP contribution < -0.4 is 5.73 Å². The van der Waals surface area contributed by atoms with Crippen LogP contribution in [0.1, 0.15) is 46.5 Å². The van der Waals surface area contributed by atoms with E-state index in [0.717, 1.165) is 52.0 Å². The van der Waals surface area contributed by atoms with Crippen LogP contribution in [0.25, 0.3) is 0 Å². The van der Waals surface area contributed by atoms with E-state index in [1.807, 2.05) is 0 Å². The number of amides is 1. The van der Waals surface area contributed by atoms with Crippen molar-refractivity contribution in [1.29, 1.82) is 0 Å². The maximum Gasteiger partial charge on any atom is 0.405 e. The smallest absolute Gasteiger partial charge is 0.405 e. The molecule has 0 radical (unpaired) electrons. The van der Waals surface area contributed by atoms with E-state index in [1.165, 1.54) is 0 Å². The van der Waals surface area contributed by atoms with E-state index in [2.05, 4.69) is 9.64 Å². The predicted molar refractivity (Wildman–Crippen MR) is 80.1 cm³/mol. The van der Waals surface area contributed by atoms with E-state index in [9.17, 15) is 9.59 Å². The number of hydrogen-bond donors (Lipinski definition) is 1. The van der Waals surface area contributed by atoms with Gasteiger partial charge in [0.1, 0.15) is 11.4 Å². The Kier molecular flexibility index (Phi) is 7.11. The molecule has 2 N–H and O–H groups in total. The minimum atomic E-state index is -0.725. The fraction of sp³-hybridized carbons (Fsp3) is 0.867. The molecule has 0 bridgehead atoms. The largest absolute Gasteiger partial charge is 0.444 e. The molecular weight excluding hydrogens is 272 g/mol. The molecule has 2 heterocycles. The highest BCUT2D eigenvalue weighted by molar-refractivity contribution is 5.79. The number of ketones is 1. The predicted octanol–water partition coefficient (Wildman–Crippen LogP) is 1.71. The lowest BCUT2D eigenvalue weighted by Gasteiger charge is -2.36. The van der Waals surface area contributed by atoms with Gasteiger partial charge in [0, 0.05) is 45.2 Å². The number of hydrogen-bond acceptors (Lipinski definition) is 5. The van der Waals surface area contributed by atoms with E-state index in [1.54, 1.807) is 20.8 Å². The highest BCUT2D eigenvalue weighted by Crippen LogP contribution is 2.17. The lowest BCUT2D eigenvalue weighted by atomic mass is 10.0. The van der Waals surface area contributed by atoms with Crippen LogP contribution in [0.15, 0.2) is 0 Å². The summed E-state index contributed by atoms with van der Waals surface area (Å²) in [5.41, 5.74) is 4.26. The second-order valence-corrected chi connectivity index (χ2v) is 6.45. The molecular formula is C15H28N2O4. The summed E-state index contributed by atoms with van der Waals surface area (Å²) >= 11 is 0. The maximum atomic E-state index is 11.0. The van der Waals surface area contributed by atoms with Crippen molar-refractivity contribution in [3.63, 3.8) is 0 Å². The van der Waals surface area contributed by atoms with Crippen molar-refractivity contribution in [1.82, 2.24) is 4.90 Å². The quantitative estimate of drug-likeness (QED) is 0.797. The molecule has 1 amide bonds. The van der Waals surface area contributed by atoms with Gasteiger partial charge in [0.05, 0.1) is 0 Å². The molecule has 2 saturated heterocycles. The summed E-state index contributed by atoms with van der Waals surface area (Å²) in [6, 6.07) is 0.682. The van der Waals surface area contributed by atoms with Crippen LogP contribution in [-0.2, 0) is 14.3 Å². The third-order valence-corrected chi connectivity index (χ3v) is 3.47. The van der Waals surface area contributed by atoms with Gasteiger partial charge < -0.3 is 15.2 Å². The van der Waals surface area contributed by atoms with E-state index in [0.29, 0.717) is 11.8 Å². The van der Waals surface area contributed by atoms with Crippen LogP contribution in [0.2, 0.25) is 0 Å². The van der Waals surface area contributed by atoms with E-state index >= 15 is 0 Å². The first kappa shape index (κ1) is 17.9. The Morgan fingerprint density at radius 2 is 1.76 bits per heavy atom. The van der Waals surface area contributed by atoms with Gasteiger partial charge in [-0.25, -0.2) is 4.79 Å². The minimum absolute atomic E-state index is 0.434. The van der Waals surface area contributed by atoms with Crippen molar-refractivity contribution in [2.75, 3.05) is 26.3 Å². The zero-order valence-electron chi connectivity index (χ0n) is 13.4. The number of Topliss-reactive ketones (excluding diaryl/α,β-unsaturated/α-hetero) is 1. The summed E-state index contributed by atoms with van der Waals surface area (Å²) in [6.07, 6.45) is 3.09. The zero-order chi connectivity index (χ0) is 15.9. The number of rotatable bonds is 1. The second-order valence-electron chi connectivity index (χ2n) is 6.45. The van der Waals surface area contributed by atoms with Crippen LogP contribution in [-0.4, -0.2) is 54.7 Å². The molecule has 2 aliphatic rings. The molecule has 0 unspecified atom stereocenters. The summed E-state index contributed by atoms with van der Waals surface area (Å²) in [5.74, 6) is 0.434. The van der Waals surface area contributed by atoms with E-state index in [4.69, 9.17) is 10.5 Å². The molecule has 0 aliphatic carbocycles. The van der Waals surface area contributed by atoms with Crippen LogP contribution in [0.5, 0.6) is 0 Å². The number of ether oxygens (including phenoxy) is 2. The third-order valence-electron chi connectivity index (χ3n) is 3.47. The number of carbonyl (C=O) groups excluding carboxylic acids is 2. The third kappa shape index (κ3) is 8.02. The Bertz CT molecular complexity index is 336. The number of primary amides is 1. The first-order valence-corrected chi connectivity index (χ1v) is 7.60. The lowest BCUT2D eigenvalue weighted by Crippen LogP contribution is -2.44. The summed E-state index contributed by atoms with van der Waals surface area (Å²) in [4.78, 5) is 23.5. The van der Waals surface area contributed by atoms with Gasteiger partial charge >= 0.3 is 6.09 Å². The molecule has 0 atom stereocenters. The van der Waals surface area contributed by atoms with Crippen LogP contribution in [0, 0.1) is 0 Å². The fourth-order valence-corrected chi connectivity index (χ4v) is 2.49. The summed E-state index contributed by atoms with van der Waals surface area (Å²) in [5, 5.41) is 0. The van der Waals surface area contributed by atoms with E-state index in [-0.39, 0.29) is 0 Å². The van der Waals surface area contributed by atoms with Crippen molar-refractivity contribution >= 4 is 11.9 Å². The Morgan fingerprint density at radius 3 is 2.14 bits per heavy atom. The SMILES string of the molecule is CC(C)(C)OC(N)=O.O=C1CCN(C2CCOCC2)CC1. The number of nitrogens with zero attached hydrogens (tertiary/aromatic N) is 1. The number of carbonyl (C=O) groups is 2. The van der Waals surface area contributed by atoms with Gasteiger partial charge in [0.25, 0.3) is 0 Å². The number of piperidine rings is 1. The standard InChI is InChI=1S/C10H17NO2.C5H11NO2/c12-10-1-5-11(6-2-10)9-3-7-13-8-4-9;1-5(2,3)8-4(6)7/h9H,1-8H2;1-3H3,(H2,6,7). The molecule has 2 rings (SSSR count). The van der Waals surface area contributed by atoms with E-state index < -0.39 is 11.7 Å². The summed E-state index contributed by atoms with van der Waals surface area (Å²) in [7, 11) is 0. The molecule has 21 heavy (non-hydrogen) atoms. The fourth-order valence-electron chi connectivity index (χ4n) is 2.49. The minimum Gasteiger partial charge on any atom is -0.444 e. The highest BCUT2D eigenvalue weighted by atomic mass is 16.6. The Hall–Kier alpha value is -1.14. The van der Waals surface area contributed by atoms with Crippen molar-refractivity contribution in [2.24, 2.45) is 5.73 Å². The Morgan fingerprint density at radius 1 is 1.24 bits per heavy atom. The van der Waals surface area contributed by atoms with Crippen molar-refractivity contribution in [3.05, 3.63) is 0 Å². The average molecular weight is 300 g/mol. The Labute approximate surface area is 126 Å². The van der Waals surface area contributed by atoms with Gasteiger partial charge in [-0.3, -0.25) is 9.69 Å². The van der Waals surface area contributed by atoms with Gasteiger partial charge in [-0.15, -0.1) is 0 Å². The summed E-state index contributed by atoms with van der Waals surface area (Å²) in [6.45, 7) is 9.03. The maximum absolute atomic E-state index is 11.0. The molecule has 2 aliphatic heterocycles. The molecule has 2 fully saturated rings. The first-order valence-electron chi connectivity index (χ1n) is 7.60. The molecule has 0 spiro atoms. The van der Waals surface area contributed by atoms with Gasteiger partial charge in [-0.2, -0.15) is 0 Å². The highest BCUT2D eigenvalue weighted by Gasteiger charge is 2.24. The van der Waals surface area contributed by atoms with Gasteiger partial charge in [0.15, 0.2) is 0 Å². The lowest BCUT2D eigenvalue weighted by molar-refractivity contribution is -0.122. The second kappa shape index (κ2) is 8.34. The van der Waals surface area contributed by atoms with Gasteiger partial charge in [-0.1, -0.05) is 0 Å². The molecule has 6 heteroatoms. The van der Waals surface area contributed by atoms with Crippen molar-refractivity contribution in [3.8, 4) is 0 Å². The van der Waals surface area contributed by atoms with Gasteiger partial charge in [-0.05, 0) is 33.6 Å². The molecule has 0 aromatic heterocycles. The van der Waals surface area contributed by atoms with Gasteiger partial charge in [0.2, 0.25) is 0 Å². The number of likely N-dealkylation sites (tertiary alicyclic amines) is 1. The van der Waals surface area contributed by atoms with Crippen LogP contribution in [0.3, 0.4) is 0 Å². The average Bonchev–Trinajstić information content (AvgIpc) is 2.38. The van der Waals surface area contributed by atoms with Crippen molar-refractivity contribution in [2.45, 2.75) is 58.1 Å².